The number of aromatic nitrogens is 8. The van der Waals surface area contributed by atoms with Crippen LogP contribution in [0.25, 0.3) is 223 Å². The van der Waals surface area contributed by atoms with Crippen molar-refractivity contribution in [2.24, 2.45) is 0 Å². The van der Waals surface area contributed by atoms with Crippen LogP contribution >= 0.6 is 0 Å². The first kappa shape index (κ1) is 87.6. The SMILES string of the molecule is C.N#Cc1cc(-c2nc(-c3ccccc3)nc(-c3ccccc3)n2)c(-n2c3ccccc3c3c4oc5ccccc5c4ccc32)c(-n2c3ccccc3c3c4oc5ccccc5c4ccc32)c1-c1ccccc1.N#Cc1cc(-c2nc(-c3ccccc3)nc(-c3ccccc3)n2)c(F)c(F)c1-c1ccccc1.O=CO[O-].[H-].[K+].[K+].c1ccc2c(c1)Cc1ccc3c(oc4ccccc43)c1-2. The van der Waals surface area contributed by atoms with E-state index in [2.05, 4.69) is 193 Å². The number of carbonyl (C=O) groups excluding carboxylic acids is 1. The molecular weight excluding hydrogens is 1710 g/mol. The molecule has 1 aliphatic carbocycles. The molecule has 20 heteroatoms. The molecule has 16 nitrogen and oxygen atoms in total. The maximum absolute atomic E-state index is 15.4. The van der Waals surface area contributed by atoms with Gasteiger partial charge in [0.05, 0.1) is 73.0 Å². The first-order chi connectivity index (χ1) is 64.2. The van der Waals surface area contributed by atoms with E-state index in [9.17, 15) is 10.5 Å². The largest absolute Gasteiger partial charge is 1.00 e. The van der Waals surface area contributed by atoms with Crippen molar-refractivity contribution in [3.05, 3.63) is 410 Å². The fourth-order valence-electron chi connectivity index (χ4n) is 18.2. The van der Waals surface area contributed by atoms with E-state index < -0.39 is 11.6 Å². The summed E-state index contributed by atoms with van der Waals surface area (Å²) in [6.07, 6.45) is 1.01. The van der Waals surface area contributed by atoms with Gasteiger partial charge < -0.3 is 34.0 Å². The summed E-state index contributed by atoms with van der Waals surface area (Å²) >= 11 is 0. The molecule has 0 unspecified atom stereocenters. The van der Waals surface area contributed by atoms with Crippen molar-refractivity contribution in [3.63, 3.8) is 0 Å². The van der Waals surface area contributed by atoms with Crippen LogP contribution in [-0.2, 0) is 16.1 Å². The standard InChI is InChI=1S/C64H36N6O2.C28H16F2N4.C19H12O.CH2O3.CH4.2K.H/c65-37-41-36-48(64-67-62(39-20-6-2-7-21-39)66-63(68-64)40-22-8-3-9-23-40)58(69-49-28-14-10-26-46(49)56-51(69)34-32-44-42-24-12-16-30-53(42)71-60(44)56)59(55(41)38-18-4-1-5-19-38)70-50-29-15-11-27-47(50)57-52(70)35-33-45-43-25-13-17-31-54(43)72-61(45)57;29-24-22(16-21(17-31)23(25(24)30)18-10-4-1-5-11-18)28-33-26(19-12-6-2-7-13-19)32-27(34-28)20-14-8-3-9-15-20;1-2-6-14-12(5-1)11-13-9-10-16-15-7-3-4-8-17(15)20-19(16)18(13)14;2-1-4-3;;;;/h1-36H;1-16H;1-10H,11H2;1,3H;1H4;;;/q;;;;;2*+1;-1/p-1. The second-order valence-electron chi connectivity index (χ2n) is 31.2. The minimum Gasteiger partial charge on any atom is -1.00 e. The van der Waals surface area contributed by atoms with Gasteiger partial charge in [-0.3, -0.25) is 4.79 Å². The summed E-state index contributed by atoms with van der Waals surface area (Å²) < 4.78 is 55.3. The number of nitrogens with zero attached hydrogens (tertiary/aromatic N) is 10. The minimum atomic E-state index is -1.12. The van der Waals surface area contributed by atoms with Crippen molar-refractivity contribution in [2.75, 3.05) is 0 Å². The van der Waals surface area contributed by atoms with Gasteiger partial charge in [0.25, 0.3) is 6.47 Å². The van der Waals surface area contributed by atoms with E-state index in [1.807, 2.05) is 188 Å². The zero-order valence-electron chi connectivity index (χ0n) is 71.8. The molecule has 0 amide bonds. The maximum Gasteiger partial charge on any atom is 1.00 e. The summed E-state index contributed by atoms with van der Waals surface area (Å²) in [5.41, 5.74) is 21.7. The fraction of sp³-hybridized carbons (Fsp3) is 0.0177. The van der Waals surface area contributed by atoms with E-state index in [0.29, 0.717) is 56.9 Å². The van der Waals surface area contributed by atoms with Crippen molar-refractivity contribution in [2.45, 2.75) is 13.8 Å². The summed E-state index contributed by atoms with van der Waals surface area (Å²) in [5, 5.41) is 40.4. The number of rotatable bonds is 11. The molecule has 7 heterocycles. The average molecular weight is 1780 g/mol. The van der Waals surface area contributed by atoms with Crippen molar-refractivity contribution < 1.29 is 141 Å². The van der Waals surface area contributed by atoms with Gasteiger partial charge in [-0.2, -0.15) is 10.5 Å². The average Bonchev–Trinajstić information content (AvgIpc) is 1.44. The number of hydrogen-bond donors (Lipinski definition) is 0. The summed E-state index contributed by atoms with van der Waals surface area (Å²) in [5.74, 6) is -0.248. The van der Waals surface area contributed by atoms with E-state index in [1.165, 1.54) is 39.1 Å². The number of para-hydroxylation sites is 5. The molecule has 25 rings (SSSR count). The summed E-state index contributed by atoms with van der Waals surface area (Å²) in [7, 11) is 0. The zero-order chi connectivity index (χ0) is 87.5. The maximum atomic E-state index is 15.4. The Morgan fingerprint density at radius 3 is 1.09 bits per heavy atom. The monoisotopic (exact) mass is 1780 g/mol. The van der Waals surface area contributed by atoms with Gasteiger partial charge in [0.15, 0.2) is 46.6 Å². The molecule has 24 aromatic rings. The van der Waals surface area contributed by atoms with Crippen molar-refractivity contribution >= 4 is 116 Å². The number of halogens is 2. The van der Waals surface area contributed by atoms with Gasteiger partial charge in [0.2, 0.25) is 0 Å². The van der Waals surface area contributed by atoms with Crippen LogP contribution in [0.15, 0.2) is 389 Å². The molecule has 17 aromatic carbocycles. The number of fused-ring (bicyclic) bond motifs is 21. The number of benzene rings is 17. The van der Waals surface area contributed by atoms with E-state index in [-0.39, 0.29) is 141 Å². The van der Waals surface area contributed by atoms with Gasteiger partial charge in [-0.25, -0.2) is 38.7 Å². The summed E-state index contributed by atoms with van der Waals surface area (Å²) in [6.45, 7) is -0.181. The molecule has 0 bridgehead atoms. The van der Waals surface area contributed by atoms with Crippen LogP contribution in [0.2, 0.25) is 0 Å². The molecule has 133 heavy (non-hydrogen) atoms. The van der Waals surface area contributed by atoms with Crippen molar-refractivity contribution in [1.29, 1.82) is 10.5 Å². The second kappa shape index (κ2) is 37.6. The van der Waals surface area contributed by atoms with Crippen LogP contribution in [-0.4, -0.2) is 45.5 Å². The number of hydrogen-bond acceptors (Lipinski definition) is 14. The first-order valence-corrected chi connectivity index (χ1v) is 42.0. The molecule has 0 spiro atoms. The smallest absolute Gasteiger partial charge is 1.00 e. The third kappa shape index (κ3) is 15.7. The van der Waals surface area contributed by atoms with Crippen LogP contribution in [0, 0.1) is 34.3 Å². The van der Waals surface area contributed by atoms with Crippen LogP contribution < -0.4 is 108 Å². The first-order valence-electron chi connectivity index (χ1n) is 42.0. The summed E-state index contributed by atoms with van der Waals surface area (Å²) in [4.78, 5) is 40.6. The predicted molar refractivity (Wildman–Crippen MR) is 513 cm³/mol. The topological polar surface area (TPSA) is 224 Å². The molecule has 0 saturated carbocycles. The van der Waals surface area contributed by atoms with Gasteiger partial charge in [0, 0.05) is 87.6 Å². The van der Waals surface area contributed by atoms with E-state index in [4.69, 9.17) is 38.3 Å². The quantitative estimate of drug-likeness (QED) is 0.0508. The molecule has 624 valence electrons. The molecule has 1 aliphatic rings. The molecule has 0 radical (unpaired) electrons. The number of furan rings is 3. The Balaban J connectivity index is 0.000000159. The van der Waals surface area contributed by atoms with Crippen LogP contribution in [0.5, 0.6) is 0 Å². The Kier molecular flexibility index (Phi) is 24.8. The van der Waals surface area contributed by atoms with Gasteiger partial charge >= 0.3 is 103 Å². The predicted octanol–water partition coefficient (Wildman–Crippen LogP) is 21.4. The van der Waals surface area contributed by atoms with Crippen LogP contribution in [0.1, 0.15) is 31.1 Å². The third-order valence-electron chi connectivity index (χ3n) is 23.9. The Hall–Kier alpha value is -14.7. The Morgan fingerprint density at radius 2 is 0.654 bits per heavy atom. The molecule has 7 aromatic heterocycles. The Labute approximate surface area is 846 Å². The molecule has 0 fully saturated rings. The van der Waals surface area contributed by atoms with Gasteiger partial charge in [-0.15, -0.1) is 0 Å². The van der Waals surface area contributed by atoms with E-state index in [0.717, 1.165) is 139 Å². The van der Waals surface area contributed by atoms with Crippen LogP contribution in [0.3, 0.4) is 0 Å². The Morgan fingerprint density at radius 1 is 0.323 bits per heavy atom. The number of nitriles is 2. The van der Waals surface area contributed by atoms with Gasteiger partial charge in [0.1, 0.15) is 33.5 Å². The minimum absolute atomic E-state index is 0. The van der Waals surface area contributed by atoms with E-state index in [1.54, 1.807) is 30.3 Å². The van der Waals surface area contributed by atoms with Gasteiger partial charge in [-0.05, 0) is 101 Å². The van der Waals surface area contributed by atoms with Gasteiger partial charge in [-0.1, -0.05) is 317 Å². The van der Waals surface area contributed by atoms with Crippen molar-refractivity contribution in [1.82, 2.24) is 39.0 Å². The summed E-state index contributed by atoms with van der Waals surface area (Å²) in [6, 6.07) is 128. The molecule has 0 atom stereocenters. The zero-order valence-corrected chi connectivity index (χ0v) is 77.0. The molecule has 0 aliphatic heterocycles. The third-order valence-corrected chi connectivity index (χ3v) is 23.9. The number of carbonyl (C=O) groups is 1. The fourth-order valence-corrected chi connectivity index (χ4v) is 18.2. The molecule has 0 saturated heterocycles. The normalized spacial score (nSPS) is 11.2. The molecule has 0 N–H and O–H groups in total. The van der Waals surface area contributed by atoms with Crippen molar-refractivity contribution in [3.8, 4) is 125 Å². The Bertz CT molecular complexity index is 8620. The van der Waals surface area contributed by atoms with E-state index >= 15 is 8.78 Å². The molecular formula is C113H70F2K2N10O6. The second-order valence-corrected chi connectivity index (χ2v) is 31.2. The van der Waals surface area contributed by atoms with Crippen LogP contribution in [0.4, 0.5) is 8.78 Å².